The fourth-order valence-corrected chi connectivity index (χ4v) is 4.20. The summed E-state index contributed by atoms with van der Waals surface area (Å²) in [5.74, 6) is 2.88. The Hall–Kier alpha value is -1.02. The molecule has 3 rings (SSSR count). The van der Waals surface area contributed by atoms with Crippen molar-refractivity contribution in [3.05, 3.63) is 30.3 Å². The summed E-state index contributed by atoms with van der Waals surface area (Å²) in [6, 6.07) is 10.2. The maximum absolute atomic E-state index is 6.10. The molecule has 0 saturated carbocycles. The van der Waals surface area contributed by atoms with E-state index >= 15 is 0 Å². The molecule has 0 radical (unpaired) electrons. The molecule has 1 atom stereocenters. The number of hydrogen-bond donors (Lipinski definition) is 1. The van der Waals surface area contributed by atoms with Gasteiger partial charge in [-0.15, -0.1) is 24.0 Å². The Morgan fingerprint density at radius 3 is 2.57 bits per heavy atom. The second-order valence-corrected chi connectivity index (χ2v) is 7.99. The number of hydrogen-bond acceptors (Lipinski definition) is 3. The van der Waals surface area contributed by atoms with Gasteiger partial charge in [0.15, 0.2) is 5.96 Å². The van der Waals surface area contributed by atoms with Gasteiger partial charge in [-0.2, -0.15) is 0 Å². The smallest absolute Gasteiger partial charge is 0.193 e. The Balaban J connectivity index is 0.00000280. The van der Waals surface area contributed by atoms with Crippen molar-refractivity contribution in [3.63, 3.8) is 0 Å². The van der Waals surface area contributed by atoms with Gasteiger partial charge >= 0.3 is 0 Å². The maximum Gasteiger partial charge on any atom is 0.193 e. The first-order chi connectivity index (χ1) is 13.2. The minimum Gasteiger partial charge on any atom is -0.490 e. The molecule has 1 unspecified atom stereocenters. The van der Waals surface area contributed by atoms with Gasteiger partial charge in [0, 0.05) is 46.1 Å². The molecule has 158 valence electrons. The lowest BCUT2D eigenvalue weighted by atomic mass is 10.0. The average molecular weight is 500 g/mol. The lowest BCUT2D eigenvalue weighted by Gasteiger charge is -2.34. The van der Waals surface area contributed by atoms with E-state index in [1.807, 2.05) is 37.4 Å². The minimum atomic E-state index is 0. The molecule has 2 heterocycles. The van der Waals surface area contributed by atoms with E-state index in [2.05, 4.69) is 27.0 Å². The second-order valence-electron chi connectivity index (χ2n) is 7.99. The van der Waals surface area contributed by atoms with Gasteiger partial charge in [0.25, 0.3) is 0 Å². The number of guanidine groups is 1. The number of likely N-dealkylation sites (tertiary alicyclic amines) is 2. The molecular weight excluding hydrogens is 463 g/mol. The lowest BCUT2D eigenvalue weighted by Crippen LogP contribution is -2.48. The van der Waals surface area contributed by atoms with E-state index in [4.69, 9.17) is 4.74 Å². The predicted octanol–water partition coefficient (Wildman–Crippen LogP) is 3.85. The van der Waals surface area contributed by atoms with E-state index in [0.29, 0.717) is 6.10 Å². The first kappa shape index (κ1) is 23.3. The van der Waals surface area contributed by atoms with E-state index in [1.165, 1.54) is 38.9 Å². The highest BCUT2D eigenvalue weighted by Gasteiger charge is 2.22. The first-order valence-corrected chi connectivity index (χ1v) is 10.6. The zero-order valence-corrected chi connectivity index (χ0v) is 19.8. The largest absolute Gasteiger partial charge is 0.490 e. The van der Waals surface area contributed by atoms with Crippen LogP contribution in [0.4, 0.5) is 0 Å². The number of ether oxygens (including phenoxy) is 1. The minimum absolute atomic E-state index is 0. The zero-order chi connectivity index (χ0) is 18.9. The van der Waals surface area contributed by atoms with E-state index in [1.54, 1.807) is 0 Å². The molecule has 0 spiro atoms. The first-order valence-electron chi connectivity index (χ1n) is 10.6. The Bertz CT molecular complexity index is 575. The molecule has 1 N–H and O–H groups in total. The topological polar surface area (TPSA) is 40.1 Å². The quantitative estimate of drug-likeness (QED) is 0.279. The summed E-state index contributed by atoms with van der Waals surface area (Å²) in [6.45, 7) is 9.11. The molecule has 2 fully saturated rings. The van der Waals surface area contributed by atoms with Gasteiger partial charge in [0.2, 0.25) is 0 Å². The molecule has 6 heteroatoms. The van der Waals surface area contributed by atoms with Crippen LogP contribution >= 0.6 is 24.0 Å². The lowest BCUT2D eigenvalue weighted by molar-refractivity contribution is 0.129. The van der Waals surface area contributed by atoms with Crippen LogP contribution in [0.15, 0.2) is 35.3 Å². The highest BCUT2D eigenvalue weighted by Crippen LogP contribution is 2.19. The van der Waals surface area contributed by atoms with Gasteiger partial charge in [-0.1, -0.05) is 25.1 Å². The molecule has 5 nitrogen and oxygen atoms in total. The predicted molar refractivity (Wildman–Crippen MR) is 128 cm³/mol. The summed E-state index contributed by atoms with van der Waals surface area (Å²) in [5, 5.41) is 3.56. The number of piperidine rings is 2. The van der Waals surface area contributed by atoms with Crippen molar-refractivity contribution in [1.29, 1.82) is 0 Å². The number of nitrogens with zero attached hydrogens (tertiary/aromatic N) is 3. The average Bonchev–Trinajstić information content (AvgIpc) is 2.70. The summed E-state index contributed by atoms with van der Waals surface area (Å²) in [5.41, 5.74) is 0. The number of aliphatic imine (C=N–C) groups is 1. The molecule has 2 saturated heterocycles. The highest BCUT2D eigenvalue weighted by molar-refractivity contribution is 14.0. The molecule has 0 aromatic heterocycles. The van der Waals surface area contributed by atoms with Crippen LogP contribution in [-0.4, -0.2) is 68.2 Å². The fourth-order valence-electron chi connectivity index (χ4n) is 4.20. The Kier molecular flexibility index (Phi) is 10.4. The Morgan fingerprint density at radius 1 is 1.14 bits per heavy atom. The van der Waals surface area contributed by atoms with Gasteiger partial charge in [-0.3, -0.25) is 4.99 Å². The van der Waals surface area contributed by atoms with Gasteiger partial charge < -0.3 is 19.9 Å². The molecule has 0 aliphatic carbocycles. The summed E-state index contributed by atoms with van der Waals surface area (Å²) in [4.78, 5) is 9.48. The molecular formula is C22H37IN4O. The van der Waals surface area contributed by atoms with Crippen LogP contribution in [0.25, 0.3) is 0 Å². The van der Waals surface area contributed by atoms with Crippen LogP contribution in [-0.2, 0) is 0 Å². The van der Waals surface area contributed by atoms with Crippen molar-refractivity contribution >= 4 is 29.9 Å². The van der Waals surface area contributed by atoms with Crippen molar-refractivity contribution in [2.24, 2.45) is 10.9 Å². The zero-order valence-electron chi connectivity index (χ0n) is 17.5. The van der Waals surface area contributed by atoms with Crippen LogP contribution in [0.1, 0.15) is 39.0 Å². The third-order valence-corrected chi connectivity index (χ3v) is 5.67. The van der Waals surface area contributed by atoms with E-state index < -0.39 is 0 Å². The van der Waals surface area contributed by atoms with Crippen molar-refractivity contribution in [1.82, 2.24) is 15.1 Å². The van der Waals surface area contributed by atoms with Crippen molar-refractivity contribution in [3.8, 4) is 5.75 Å². The molecule has 2 aliphatic heterocycles. The normalized spacial score (nSPS) is 21.9. The fraction of sp³-hybridized carbons (Fsp3) is 0.682. The third-order valence-electron chi connectivity index (χ3n) is 5.67. The van der Waals surface area contributed by atoms with Crippen LogP contribution in [0.3, 0.4) is 0 Å². The van der Waals surface area contributed by atoms with E-state index in [0.717, 1.165) is 50.1 Å². The highest BCUT2D eigenvalue weighted by atomic mass is 127. The van der Waals surface area contributed by atoms with E-state index in [9.17, 15) is 0 Å². The van der Waals surface area contributed by atoms with Crippen LogP contribution in [0.5, 0.6) is 5.75 Å². The van der Waals surface area contributed by atoms with Crippen molar-refractivity contribution in [2.75, 3.05) is 46.3 Å². The summed E-state index contributed by atoms with van der Waals surface area (Å²) >= 11 is 0. The number of benzene rings is 1. The third kappa shape index (κ3) is 7.43. The number of para-hydroxylation sites is 1. The van der Waals surface area contributed by atoms with E-state index in [-0.39, 0.29) is 24.0 Å². The molecule has 2 aliphatic rings. The second kappa shape index (κ2) is 12.5. The molecule has 0 amide bonds. The Labute approximate surface area is 187 Å². The van der Waals surface area contributed by atoms with Gasteiger partial charge in [-0.05, 0) is 50.4 Å². The van der Waals surface area contributed by atoms with Gasteiger partial charge in [0.1, 0.15) is 11.9 Å². The standard InChI is InChI=1S/C22H36N4O.HI/c1-19-8-6-14-25(18-19)15-7-13-24-22(23-2)26-16-11-21(12-17-26)27-20-9-4-3-5-10-20;/h3-5,9-10,19,21H,6-8,11-18H2,1-2H3,(H,23,24);1H. The van der Waals surface area contributed by atoms with Crippen molar-refractivity contribution in [2.45, 2.75) is 45.1 Å². The van der Waals surface area contributed by atoms with Gasteiger partial charge in [-0.25, -0.2) is 0 Å². The monoisotopic (exact) mass is 500 g/mol. The molecule has 28 heavy (non-hydrogen) atoms. The number of nitrogens with one attached hydrogen (secondary N) is 1. The van der Waals surface area contributed by atoms with Crippen LogP contribution < -0.4 is 10.1 Å². The Morgan fingerprint density at radius 2 is 1.89 bits per heavy atom. The number of rotatable bonds is 6. The summed E-state index contributed by atoms with van der Waals surface area (Å²) in [7, 11) is 1.89. The SMILES string of the molecule is CN=C(NCCCN1CCCC(C)C1)N1CCC(Oc2ccccc2)CC1.I. The molecule has 1 aromatic rings. The molecule has 1 aromatic carbocycles. The van der Waals surface area contributed by atoms with Crippen molar-refractivity contribution < 1.29 is 4.74 Å². The van der Waals surface area contributed by atoms with Gasteiger partial charge in [0.05, 0.1) is 0 Å². The maximum atomic E-state index is 6.10. The number of halogens is 1. The van der Waals surface area contributed by atoms with Crippen LogP contribution in [0, 0.1) is 5.92 Å². The summed E-state index contributed by atoms with van der Waals surface area (Å²) in [6.07, 6.45) is 6.33. The summed E-state index contributed by atoms with van der Waals surface area (Å²) < 4.78 is 6.10. The molecule has 0 bridgehead atoms. The van der Waals surface area contributed by atoms with Crippen LogP contribution in [0.2, 0.25) is 0 Å².